The summed E-state index contributed by atoms with van der Waals surface area (Å²) in [5.74, 6) is -0.146. The standard InChI is InChI=1S/C10H15N5O2S/c1-4-15-9(8(3)13-14-15)6-18(16,17)10-11-5-7(2)12-10/h5H,4,6H2,1-3H3,(H,11,12). The summed E-state index contributed by atoms with van der Waals surface area (Å²) >= 11 is 0. The van der Waals surface area contributed by atoms with E-state index in [4.69, 9.17) is 0 Å². The lowest BCUT2D eigenvalue weighted by molar-refractivity contribution is 0.575. The lowest BCUT2D eigenvalue weighted by atomic mass is 10.4. The Balaban J connectivity index is 2.36. The summed E-state index contributed by atoms with van der Waals surface area (Å²) in [6.07, 6.45) is 1.50. The summed E-state index contributed by atoms with van der Waals surface area (Å²) in [5, 5.41) is 7.77. The van der Waals surface area contributed by atoms with Gasteiger partial charge in [-0.3, -0.25) is 0 Å². The minimum absolute atomic E-state index is 0.0109. The van der Waals surface area contributed by atoms with E-state index in [1.165, 1.54) is 6.20 Å². The minimum atomic E-state index is -3.48. The molecule has 0 aromatic carbocycles. The molecule has 0 aliphatic rings. The number of rotatable bonds is 4. The highest BCUT2D eigenvalue weighted by molar-refractivity contribution is 7.90. The van der Waals surface area contributed by atoms with E-state index in [2.05, 4.69) is 20.3 Å². The van der Waals surface area contributed by atoms with E-state index >= 15 is 0 Å². The molecule has 0 radical (unpaired) electrons. The maximum Gasteiger partial charge on any atom is 0.225 e. The Labute approximate surface area is 105 Å². The Morgan fingerprint density at radius 2 is 2.11 bits per heavy atom. The second-order valence-corrected chi connectivity index (χ2v) is 5.97. The third kappa shape index (κ3) is 2.28. The van der Waals surface area contributed by atoms with E-state index in [9.17, 15) is 8.42 Å². The summed E-state index contributed by atoms with van der Waals surface area (Å²) in [5.41, 5.74) is 1.95. The van der Waals surface area contributed by atoms with Gasteiger partial charge in [0, 0.05) is 18.4 Å². The lowest BCUT2D eigenvalue weighted by Gasteiger charge is -2.04. The highest BCUT2D eigenvalue weighted by Gasteiger charge is 2.22. The molecule has 0 aliphatic carbocycles. The van der Waals surface area contributed by atoms with E-state index in [1.54, 1.807) is 18.5 Å². The minimum Gasteiger partial charge on any atom is -0.333 e. The van der Waals surface area contributed by atoms with Crippen molar-refractivity contribution in [2.24, 2.45) is 0 Å². The number of aromatic nitrogens is 5. The Morgan fingerprint density at radius 3 is 2.67 bits per heavy atom. The number of H-pyrrole nitrogens is 1. The van der Waals surface area contributed by atoms with Crippen molar-refractivity contribution in [3.8, 4) is 0 Å². The molecular weight excluding hydrogens is 254 g/mol. The van der Waals surface area contributed by atoms with Crippen molar-refractivity contribution in [3.63, 3.8) is 0 Å². The van der Waals surface area contributed by atoms with Gasteiger partial charge in [0.25, 0.3) is 0 Å². The molecule has 0 bridgehead atoms. The quantitative estimate of drug-likeness (QED) is 0.877. The average molecular weight is 269 g/mol. The fourth-order valence-corrected chi connectivity index (χ4v) is 3.03. The molecule has 0 atom stereocenters. The fourth-order valence-electron chi connectivity index (χ4n) is 1.65. The molecule has 2 heterocycles. The van der Waals surface area contributed by atoms with E-state index < -0.39 is 9.84 Å². The molecule has 0 saturated carbocycles. The van der Waals surface area contributed by atoms with Crippen LogP contribution >= 0.6 is 0 Å². The molecule has 0 fully saturated rings. The number of nitrogens with zero attached hydrogens (tertiary/aromatic N) is 4. The Morgan fingerprint density at radius 1 is 1.39 bits per heavy atom. The van der Waals surface area contributed by atoms with Gasteiger partial charge >= 0.3 is 0 Å². The maximum absolute atomic E-state index is 12.2. The van der Waals surface area contributed by atoms with Crippen molar-refractivity contribution in [3.05, 3.63) is 23.3 Å². The van der Waals surface area contributed by atoms with Gasteiger partial charge in [0.15, 0.2) is 0 Å². The summed E-state index contributed by atoms with van der Waals surface area (Å²) in [4.78, 5) is 6.60. The molecule has 18 heavy (non-hydrogen) atoms. The molecule has 8 heteroatoms. The summed E-state index contributed by atoms with van der Waals surface area (Å²) < 4.78 is 25.9. The highest BCUT2D eigenvalue weighted by atomic mass is 32.2. The summed E-state index contributed by atoms with van der Waals surface area (Å²) in [6.45, 7) is 5.98. The molecule has 98 valence electrons. The van der Waals surface area contributed by atoms with Gasteiger partial charge in [0.05, 0.1) is 11.4 Å². The van der Waals surface area contributed by atoms with Crippen LogP contribution < -0.4 is 0 Å². The Hall–Kier alpha value is -1.70. The molecule has 7 nitrogen and oxygen atoms in total. The van der Waals surface area contributed by atoms with Crippen molar-refractivity contribution >= 4 is 9.84 Å². The lowest BCUT2D eigenvalue weighted by Crippen LogP contribution is -2.12. The normalized spacial score (nSPS) is 11.9. The van der Waals surface area contributed by atoms with Crippen LogP contribution in [0.1, 0.15) is 24.0 Å². The van der Waals surface area contributed by atoms with Gasteiger partial charge in [0.1, 0.15) is 5.75 Å². The molecule has 2 rings (SSSR count). The van der Waals surface area contributed by atoms with E-state index in [-0.39, 0.29) is 10.9 Å². The molecule has 0 aliphatic heterocycles. The van der Waals surface area contributed by atoms with Crippen LogP contribution in [-0.4, -0.2) is 33.4 Å². The van der Waals surface area contributed by atoms with Crippen molar-refractivity contribution in [2.75, 3.05) is 0 Å². The number of sulfone groups is 1. The van der Waals surface area contributed by atoms with Crippen LogP contribution in [0.25, 0.3) is 0 Å². The van der Waals surface area contributed by atoms with Crippen LogP contribution in [0, 0.1) is 13.8 Å². The van der Waals surface area contributed by atoms with Gasteiger partial charge in [0.2, 0.25) is 15.0 Å². The molecular formula is C10H15N5O2S. The van der Waals surface area contributed by atoms with E-state index in [1.807, 2.05) is 6.92 Å². The van der Waals surface area contributed by atoms with Crippen molar-refractivity contribution < 1.29 is 8.42 Å². The predicted molar refractivity (Wildman–Crippen MR) is 64.6 cm³/mol. The van der Waals surface area contributed by atoms with Gasteiger partial charge in [-0.15, -0.1) is 5.10 Å². The number of nitrogens with one attached hydrogen (secondary N) is 1. The Bertz CT molecular complexity index is 656. The van der Waals surface area contributed by atoms with Gasteiger partial charge in [-0.05, 0) is 20.8 Å². The number of hydrogen-bond donors (Lipinski definition) is 1. The van der Waals surface area contributed by atoms with Crippen LogP contribution in [0.3, 0.4) is 0 Å². The Kier molecular flexibility index (Phi) is 3.20. The van der Waals surface area contributed by atoms with Crippen LogP contribution in [0.2, 0.25) is 0 Å². The van der Waals surface area contributed by atoms with Crippen molar-refractivity contribution in [1.29, 1.82) is 0 Å². The largest absolute Gasteiger partial charge is 0.333 e. The first-order chi connectivity index (χ1) is 8.44. The van der Waals surface area contributed by atoms with Crippen LogP contribution in [0.5, 0.6) is 0 Å². The molecule has 1 N–H and O–H groups in total. The second-order valence-electron chi connectivity index (χ2n) is 4.07. The molecule has 0 amide bonds. The summed E-state index contributed by atoms with van der Waals surface area (Å²) in [7, 11) is -3.48. The van der Waals surface area contributed by atoms with E-state index in [0.29, 0.717) is 23.6 Å². The maximum atomic E-state index is 12.2. The van der Waals surface area contributed by atoms with Crippen molar-refractivity contribution in [1.82, 2.24) is 25.0 Å². The fraction of sp³-hybridized carbons (Fsp3) is 0.500. The zero-order valence-electron chi connectivity index (χ0n) is 10.5. The first-order valence-corrected chi connectivity index (χ1v) is 7.22. The average Bonchev–Trinajstić information content (AvgIpc) is 2.87. The van der Waals surface area contributed by atoms with Gasteiger partial charge in [-0.1, -0.05) is 5.21 Å². The van der Waals surface area contributed by atoms with Gasteiger partial charge in [-0.25, -0.2) is 18.1 Å². The molecule has 2 aromatic rings. The number of hydrogen-bond acceptors (Lipinski definition) is 5. The monoisotopic (exact) mass is 269 g/mol. The SMILES string of the molecule is CCn1nnc(C)c1CS(=O)(=O)c1ncc(C)[nH]1. The molecule has 0 saturated heterocycles. The number of aromatic amines is 1. The van der Waals surface area contributed by atoms with E-state index in [0.717, 1.165) is 0 Å². The smallest absolute Gasteiger partial charge is 0.225 e. The predicted octanol–water partition coefficient (Wildman–Crippen LogP) is 0.612. The number of aryl methyl sites for hydroxylation is 3. The highest BCUT2D eigenvalue weighted by Crippen LogP contribution is 2.15. The second kappa shape index (κ2) is 4.52. The third-order valence-corrected chi connectivity index (χ3v) is 4.08. The first-order valence-electron chi connectivity index (χ1n) is 5.57. The molecule has 0 spiro atoms. The van der Waals surface area contributed by atoms with Crippen LogP contribution in [-0.2, 0) is 22.1 Å². The third-order valence-electron chi connectivity index (χ3n) is 2.63. The van der Waals surface area contributed by atoms with Crippen LogP contribution in [0.15, 0.2) is 11.4 Å². The van der Waals surface area contributed by atoms with Gasteiger partial charge in [-0.2, -0.15) is 0 Å². The topological polar surface area (TPSA) is 93.5 Å². The van der Waals surface area contributed by atoms with Crippen LogP contribution in [0.4, 0.5) is 0 Å². The zero-order chi connectivity index (χ0) is 13.3. The molecule has 0 unspecified atom stereocenters. The van der Waals surface area contributed by atoms with Gasteiger partial charge < -0.3 is 4.98 Å². The summed E-state index contributed by atoms with van der Waals surface area (Å²) in [6, 6.07) is 0. The number of imidazole rings is 1. The molecule has 2 aromatic heterocycles. The van der Waals surface area contributed by atoms with Crippen molar-refractivity contribution in [2.45, 2.75) is 38.2 Å². The zero-order valence-corrected chi connectivity index (χ0v) is 11.3. The first kappa shape index (κ1) is 12.7.